The predicted octanol–water partition coefficient (Wildman–Crippen LogP) is 7.00. The number of allylic oxidation sites excluding steroid dienone is 1. The number of hydrogen-bond acceptors (Lipinski definition) is 2. The molecule has 0 bridgehead atoms. The van der Waals surface area contributed by atoms with Gasteiger partial charge in [0.25, 0.3) is 0 Å². The Kier molecular flexibility index (Phi) is 5.19. The smallest absolute Gasteiger partial charge is 0.0594 e. The van der Waals surface area contributed by atoms with Crippen LogP contribution >= 0.6 is 0 Å². The number of rotatable bonds is 2. The zero-order chi connectivity index (χ0) is 23.3. The highest BCUT2D eigenvalue weighted by atomic mass is 16.3. The second-order valence-electron chi connectivity index (χ2n) is 14.6. The van der Waals surface area contributed by atoms with E-state index < -0.39 is 0 Å². The molecule has 0 saturated heterocycles. The van der Waals surface area contributed by atoms with E-state index in [-0.39, 0.29) is 16.9 Å². The van der Waals surface area contributed by atoms with Gasteiger partial charge in [-0.3, -0.25) is 0 Å². The monoisotopic (exact) mass is 442 g/mol. The Bertz CT molecular complexity index is 786. The highest BCUT2D eigenvalue weighted by molar-refractivity contribution is 5.21. The van der Waals surface area contributed by atoms with Gasteiger partial charge in [-0.25, -0.2) is 0 Å². The van der Waals surface area contributed by atoms with E-state index in [0.29, 0.717) is 40.6 Å². The molecule has 0 unspecified atom stereocenters. The minimum absolute atomic E-state index is 0.0290. The van der Waals surface area contributed by atoms with Crippen molar-refractivity contribution in [2.45, 2.75) is 112 Å². The van der Waals surface area contributed by atoms with Gasteiger partial charge in [-0.05, 0) is 128 Å². The van der Waals surface area contributed by atoms with Crippen molar-refractivity contribution in [3.8, 4) is 0 Å². The Balaban J connectivity index is 1.55. The summed E-state index contributed by atoms with van der Waals surface area (Å²) < 4.78 is 0. The average molecular weight is 443 g/mol. The fraction of sp³-hybridized carbons (Fsp3) is 0.933. The lowest BCUT2D eigenvalue weighted by atomic mass is 9.32. The van der Waals surface area contributed by atoms with Crippen molar-refractivity contribution >= 4 is 0 Å². The van der Waals surface area contributed by atoms with Crippen molar-refractivity contribution in [2.24, 2.45) is 56.7 Å². The van der Waals surface area contributed by atoms with Crippen LogP contribution in [0.3, 0.4) is 0 Å². The largest absolute Gasteiger partial charge is 0.396 e. The molecule has 0 heterocycles. The first-order valence-electron chi connectivity index (χ1n) is 13.8. The van der Waals surface area contributed by atoms with Crippen LogP contribution in [0.25, 0.3) is 0 Å². The first-order valence-corrected chi connectivity index (χ1v) is 13.8. The summed E-state index contributed by atoms with van der Waals surface area (Å²) in [4.78, 5) is 0. The van der Waals surface area contributed by atoms with Gasteiger partial charge in [0.2, 0.25) is 0 Å². The molecule has 5 aliphatic rings. The van der Waals surface area contributed by atoms with Crippen LogP contribution in [0.5, 0.6) is 0 Å². The third-order valence-electron chi connectivity index (χ3n) is 13.5. The van der Waals surface area contributed by atoms with Gasteiger partial charge >= 0.3 is 0 Å². The highest BCUT2D eigenvalue weighted by Crippen LogP contribution is 2.77. The van der Waals surface area contributed by atoms with E-state index in [0.717, 1.165) is 18.3 Å². The van der Waals surface area contributed by atoms with Crippen molar-refractivity contribution in [1.29, 1.82) is 0 Å². The molecule has 182 valence electrons. The third-order valence-corrected chi connectivity index (χ3v) is 13.5. The Labute approximate surface area is 197 Å². The minimum Gasteiger partial charge on any atom is -0.396 e. The minimum atomic E-state index is -0.147. The lowest BCUT2D eigenvalue weighted by Crippen LogP contribution is -2.66. The fourth-order valence-electron chi connectivity index (χ4n) is 11.5. The summed E-state index contributed by atoms with van der Waals surface area (Å²) in [5.41, 5.74) is 2.60. The van der Waals surface area contributed by atoms with E-state index in [1.165, 1.54) is 63.4 Å². The van der Waals surface area contributed by atoms with Crippen LogP contribution in [0.2, 0.25) is 0 Å². The van der Waals surface area contributed by atoms with Crippen LogP contribution in [0.4, 0.5) is 0 Å². The molecule has 0 spiro atoms. The molecule has 10 atom stereocenters. The lowest BCUT2D eigenvalue weighted by molar-refractivity contribution is -0.249. The molecule has 0 aromatic heterocycles. The predicted molar refractivity (Wildman–Crippen MR) is 132 cm³/mol. The van der Waals surface area contributed by atoms with Gasteiger partial charge in [0.15, 0.2) is 0 Å². The van der Waals surface area contributed by atoms with Crippen LogP contribution in [-0.4, -0.2) is 22.9 Å². The van der Waals surface area contributed by atoms with E-state index >= 15 is 0 Å². The molecule has 0 amide bonds. The van der Waals surface area contributed by atoms with Crippen molar-refractivity contribution in [3.63, 3.8) is 0 Å². The van der Waals surface area contributed by atoms with Gasteiger partial charge in [0, 0.05) is 6.61 Å². The van der Waals surface area contributed by atoms with E-state index in [9.17, 15) is 10.2 Å². The fourth-order valence-corrected chi connectivity index (χ4v) is 11.5. The van der Waals surface area contributed by atoms with Crippen LogP contribution in [0.1, 0.15) is 106 Å². The molecule has 0 aromatic rings. The van der Waals surface area contributed by atoms with Gasteiger partial charge in [0.05, 0.1) is 6.10 Å². The highest BCUT2D eigenvalue weighted by Gasteiger charge is 2.70. The van der Waals surface area contributed by atoms with E-state index in [4.69, 9.17) is 0 Å². The molecule has 5 aliphatic carbocycles. The van der Waals surface area contributed by atoms with E-state index in [2.05, 4.69) is 48.1 Å². The molecule has 0 radical (unpaired) electrons. The summed E-state index contributed by atoms with van der Waals surface area (Å²) in [6.07, 6.45) is 12.2. The number of fused-ring (bicyclic) bond motifs is 7. The number of hydrogen-bond donors (Lipinski definition) is 2. The molecule has 5 fully saturated rings. The van der Waals surface area contributed by atoms with Gasteiger partial charge < -0.3 is 10.2 Å². The van der Waals surface area contributed by atoms with Crippen LogP contribution in [-0.2, 0) is 0 Å². The maximum Gasteiger partial charge on any atom is 0.0594 e. The second-order valence-corrected chi connectivity index (χ2v) is 14.6. The third kappa shape index (κ3) is 2.66. The topological polar surface area (TPSA) is 40.5 Å². The molecule has 0 aromatic carbocycles. The summed E-state index contributed by atoms with van der Waals surface area (Å²) in [6, 6.07) is 0. The molecule has 2 heteroatoms. The van der Waals surface area contributed by atoms with Gasteiger partial charge in [-0.2, -0.15) is 0 Å². The zero-order valence-corrected chi connectivity index (χ0v) is 21.8. The number of aliphatic hydroxyl groups is 2. The molecular formula is C30H50O2. The summed E-state index contributed by atoms with van der Waals surface area (Å²) in [7, 11) is 0. The molecular weight excluding hydrogens is 392 g/mol. The van der Waals surface area contributed by atoms with E-state index in [1.807, 2.05) is 0 Å². The number of aliphatic hydroxyl groups excluding tert-OH is 2. The summed E-state index contributed by atoms with van der Waals surface area (Å²) >= 11 is 0. The summed E-state index contributed by atoms with van der Waals surface area (Å²) in [5.74, 6) is 3.33. The Morgan fingerprint density at radius 3 is 2.19 bits per heavy atom. The van der Waals surface area contributed by atoms with Crippen LogP contribution < -0.4 is 0 Å². The average Bonchev–Trinajstić information content (AvgIpc) is 3.12. The van der Waals surface area contributed by atoms with Crippen LogP contribution in [0, 0.1) is 56.7 Å². The van der Waals surface area contributed by atoms with E-state index in [1.54, 1.807) is 0 Å². The first kappa shape index (κ1) is 23.4. The quantitative estimate of drug-likeness (QED) is 0.452. The van der Waals surface area contributed by atoms with Crippen molar-refractivity contribution in [2.75, 3.05) is 6.61 Å². The zero-order valence-electron chi connectivity index (χ0n) is 21.8. The molecule has 32 heavy (non-hydrogen) atoms. The molecule has 5 rings (SSSR count). The molecule has 2 nitrogen and oxygen atoms in total. The molecule has 5 saturated carbocycles. The van der Waals surface area contributed by atoms with Crippen molar-refractivity contribution < 1.29 is 10.2 Å². The maximum absolute atomic E-state index is 10.9. The molecule has 2 N–H and O–H groups in total. The SMILES string of the molecule is C=C(C)[C@@H]1CC[C@]2(CO)CC[C@]3(C)[C@H](CC[C@H]4[C@@]5(C)CC[C@H](O)C(C)(C)[C@@H]5CC[C@]43C)[C@H]12. The molecule has 0 aliphatic heterocycles. The normalized spacial score (nSPS) is 56.5. The Morgan fingerprint density at radius 2 is 1.53 bits per heavy atom. The van der Waals surface area contributed by atoms with Gasteiger partial charge in [-0.15, -0.1) is 0 Å². The van der Waals surface area contributed by atoms with Gasteiger partial charge in [-0.1, -0.05) is 46.8 Å². The maximum atomic E-state index is 10.9. The Hall–Kier alpha value is -0.340. The van der Waals surface area contributed by atoms with Crippen LogP contribution in [0.15, 0.2) is 12.2 Å². The van der Waals surface area contributed by atoms with Crippen molar-refractivity contribution in [3.05, 3.63) is 12.2 Å². The first-order chi connectivity index (χ1) is 14.9. The van der Waals surface area contributed by atoms with Crippen molar-refractivity contribution in [1.82, 2.24) is 0 Å². The Morgan fingerprint density at radius 1 is 0.812 bits per heavy atom. The standard InChI is InChI=1S/C30H50O2/c1-19(2)20-10-15-30(18-31)17-16-28(6)21(25(20)30)8-9-23-27(5)13-12-24(32)26(3,4)22(27)11-14-29(23,28)7/h20-25,31-32H,1,8-18H2,2-7H3/t20-,21+,22-,23-,24-,25-,27-,28+,29+,30+/m0/s1. The summed E-state index contributed by atoms with van der Waals surface area (Å²) in [6.45, 7) is 19.7. The lowest BCUT2D eigenvalue weighted by Gasteiger charge is -2.73. The second kappa shape index (κ2) is 7.09. The summed E-state index contributed by atoms with van der Waals surface area (Å²) in [5, 5.41) is 21.5. The van der Waals surface area contributed by atoms with Gasteiger partial charge in [0.1, 0.15) is 0 Å².